The Morgan fingerprint density at radius 1 is 1.86 bits per heavy atom. The van der Waals surface area contributed by atoms with Crippen molar-refractivity contribution in [3.8, 4) is 0 Å². The fourth-order valence-corrected chi connectivity index (χ4v) is 0.451. The molecule has 0 bridgehead atoms. The highest BCUT2D eigenvalue weighted by molar-refractivity contribution is 8.02. The van der Waals surface area contributed by atoms with Gasteiger partial charge < -0.3 is 0 Å². The van der Waals surface area contributed by atoms with Gasteiger partial charge in [0.05, 0.1) is 5.41 Å². The maximum atomic E-state index is 9.44. The zero-order valence-electron chi connectivity index (χ0n) is 3.89. The van der Waals surface area contributed by atoms with Crippen LogP contribution in [0.25, 0.3) is 0 Å². The lowest BCUT2D eigenvalue weighted by Gasteiger charge is -1.75. The zero-order chi connectivity index (χ0) is 5.54. The van der Waals surface area contributed by atoms with E-state index in [1.54, 1.807) is 12.0 Å². The molecule has 2 heteroatoms. The highest BCUT2D eigenvalue weighted by Gasteiger charge is 1.69. The lowest BCUT2D eigenvalue weighted by atomic mass is 10.8. The third-order valence-electron chi connectivity index (χ3n) is 0.346. The molecule has 0 radical (unpaired) electrons. The van der Waals surface area contributed by atoms with E-state index in [1.165, 1.54) is 17.2 Å². The number of hydrogen-bond donors (Lipinski definition) is 0. The van der Waals surface area contributed by atoms with Gasteiger partial charge in [-0.2, -0.15) is 0 Å². The zero-order valence-corrected chi connectivity index (χ0v) is 4.70. The van der Waals surface area contributed by atoms with Crippen LogP contribution in [0, 0.1) is 0 Å². The summed E-state index contributed by atoms with van der Waals surface area (Å²) in [6, 6.07) is 0. The molecule has 0 amide bonds. The Morgan fingerprint density at radius 2 is 2.57 bits per heavy atom. The third-order valence-corrected chi connectivity index (χ3v) is 1.04. The molecule has 0 heterocycles. The van der Waals surface area contributed by atoms with Crippen LogP contribution >= 0.6 is 11.8 Å². The molecule has 0 aliphatic rings. The van der Waals surface area contributed by atoms with Gasteiger partial charge in [0.1, 0.15) is 5.94 Å². The van der Waals surface area contributed by atoms with Gasteiger partial charge in [-0.15, -0.1) is 18.3 Å². The maximum absolute atomic E-state index is 9.44. The molecule has 7 heavy (non-hydrogen) atoms. The third kappa shape index (κ3) is 5.54. The lowest BCUT2D eigenvalue weighted by Crippen LogP contribution is -1.59. The summed E-state index contributed by atoms with van der Waals surface area (Å²) < 4.78 is 0. The van der Waals surface area contributed by atoms with Gasteiger partial charge in [-0.1, -0.05) is 6.08 Å². The molecule has 38 valence electrons. The summed E-state index contributed by atoms with van der Waals surface area (Å²) >= 11 is 1.39. The van der Waals surface area contributed by atoms with Crippen LogP contribution in [0.4, 0.5) is 0 Å². The lowest BCUT2D eigenvalue weighted by molar-refractivity contribution is 0.569. The summed E-state index contributed by atoms with van der Waals surface area (Å²) in [5, 5.41) is 1.38. The minimum atomic E-state index is 0.787. The normalized spacial score (nSPS) is 6.86. The van der Waals surface area contributed by atoms with Crippen LogP contribution in [0.15, 0.2) is 18.1 Å². The quantitative estimate of drug-likeness (QED) is 0.312. The Morgan fingerprint density at radius 3 is 3.00 bits per heavy atom. The van der Waals surface area contributed by atoms with Crippen LogP contribution in [0.2, 0.25) is 0 Å². The summed E-state index contributed by atoms with van der Waals surface area (Å²) in [6.07, 6.45) is 1.73. The smallest absolute Gasteiger partial charge is 0.131 e. The van der Waals surface area contributed by atoms with E-state index < -0.39 is 0 Å². The molecule has 0 aliphatic heterocycles. The summed E-state index contributed by atoms with van der Waals surface area (Å²) in [4.78, 5) is 9.44. The van der Waals surface area contributed by atoms with Crippen molar-refractivity contribution in [1.29, 1.82) is 0 Å². The van der Waals surface area contributed by atoms with Crippen molar-refractivity contribution < 1.29 is 4.79 Å². The Kier molecular flexibility index (Phi) is 5.18. The molecular formula is C5H6OS. The number of carbonyl (C=O) groups excluding carboxylic acids is 1. The predicted molar refractivity (Wildman–Crippen MR) is 32.9 cm³/mol. The standard InChI is InChI=1S/C5H6OS/c1-2-4-7-5-3-6/h2,5H,1,4H2. The average Bonchev–Trinajstić information content (AvgIpc) is 1.69. The maximum Gasteiger partial charge on any atom is 0.131 e. The van der Waals surface area contributed by atoms with Crippen molar-refractivity contribution in [2.24, 2.45) is 0 Å². The predicted octanol–water partition coefficient (Wildman–Crippen LogP) is 1.25. The summed E-state index contributed by atoms with van der Waals surface area (Å²) in [6.45, 7) is 3.46. The molecule has 0 aromatic rings. The van der Waals surface area contributed by atoms with E-state index in [0.29, 0.717) is 0 Å². The second-order valence-corrected chi connectivity index (χ2v) is 1.76. The summed E-state index contributed by atoms with van der Waals surface area (Å²) in [5.41, 5.74) is 0. The molecule has 0 aliphatic carbocycles. The average molecular weight is 114 g/mol. The SMILES string of the molecule is C=CCSC=C=O. The topological polar surface area (TPSA) is 17.1 Å². The molecule has 0 fully saturated rings. The van der Waals surface area contributed by atoms with Crippen molar-refractivity contribution in [1.82, 2.24) is 0 Å². The van der Waals surface area contributed by atoms with Crippen LogP contribution in [0.1, 0.15) is 0 Å². The van der Waals surface area contributed by atoms with E-state index in [2.05, 4.69) is 6.58 Å². The molecule has 0 rings (SSSR count). The van der Waals surface area contributed by atoms with Gasteiger partial charge in [0.2, 0.25) is 0 Å². The Labute approximate surface area is 47.1 Å². The van der Waals surface area contributed by atoms with Crippen LogP contribution < -0.4 is 0 Å². The minimum Gasteiger partial charge on any atom is -0.233 e. The molecule has 0 N–H and O–H groups in total. The van der Waals surface area contributed by atoms with Crippen LogP contribution in [0.5, 0.6) is 0 Å². The first-order valence-corrected chi connectivity index (χ1v) is 2.88. The van der Waals surface area contributed by atoms with Gasteiger partial charge in [0.15, 0.2) is 0 Å². The molecule has 0 atom stereocenters. The second-order valence-electron chi connectivity index (χ2n) is 0.858. The van der Waals surface area contributed by atoms with Gasteiger partial charge in [-0.05, 0) is 0 Å². The van der Waals surface area contributed by atoms with Crippen molar-refractivity contribution in [3.63, 3.8) is 0 Å². The fraction of sp³-hybridized carbons (Fsp3) is 0.200. The van der Waals surface area contributed by atoms with Gasteiger partial charge in [0.25, 0.3) is 0 Å². The molecule has 0 aromatic carbocycles. The number of hydrogen-bond acceptors (Lipinski definition) is 2. The minimum absolute atomic E-state index is 0.787. The van der Waals surface area contributed by atoms with Crippen molar-refractivity contribution in [2.45, 2.75) is 0 Å². The van der Waals surface area contributed by atoms with Crippen LogP contribution in [-0.4, -0.2) is 11.7 Å². The fourth-order valence-electron chi connectivity index (χ4n) is 0.150. The van der Waals surface area contributed by atoms with Gasteiger partial charge >= 0.3 is 0 Å². The van der Waals surface area contributed by atoms with Gasteiger partial charge in [-0.25, -0.2) is 4.79 Å². The monoisotopic (exact) mass is 114 g/mol. The highest BCUT2D eigenvalue weighted by Crippen LogP contribution is 1.96. The highest BCUT2D eigenvalue weighted by atomic mass is 32.2. The van der Waals surface area contributed by atoms with Crippen LogP contribution in [0.3, 0.4) is 0 Å². The van der Waals surface area contributed by atoms with E-state index in [0.717, 1.165) is 5.75 Å². The van der Waals surface area contributed by atoms with E-state index in [-0.39, 0.29) is 0 Å². The molecule has 0 unspecified atom stereocenters. The van der Waals surface area contributed by atoms with Crippen LogP contribution in [-0.2, 0) is 4.79 Å². The van der Waals surface area contributed by atoms with Crippen molar-refractivity contribution >= 4 is 17.7 Å². The molecule has 0 saturated heterocycles. The first-order valence-electron chi connectivity index (χ1n) is 1.83. The molecule has 0 aromatic heterocycles. The van der Waals surface area contributed by atoms with Gasteiger partial charge in [-0.3, -0.25) is 0 Å². The second kappa shape index (κ2) is 5.54. The van der Waals surface area contributed by atoms with E-state index in [9.17, 15) is 4.79 Å². The largest absolute Gasteiger partial charge is 0.233 e. The summed E-state index contributed by atoms with van der Waals surface area (Å²) in [7, 11) is 0. The Hall–Kier alpha value is -0.460. The molecular weight excluding hydrogens is 108 g/mol. The van der Waals surface area contributed by atoms with Crippen molar-refractivity contribution in [2.75, 3.05) is 5.75 Å². The molecule has 1 nitrogen and oxygen atoms in total. The Balaban J connectivity index is 2.97. The summed E-state index contributed by atoms with van der Waals surface area (Å²) in [5.74, 6) is 2.43. The van der Waals surface area contributed by atoms with E-state index >= 15 is 0 Å². The van der Waals surface area contributed by atoms with E-state index in [4.69, 9.17) is 0 Å². The number of rotatable bonds is 3. The molecule has 0 spiro atoms. The van der Waals surface area contributed by atoms with Gasteiger partial charge in [0, 0.05) is 5.75 Å². The van der Waals surface area contributed by atoms with E-state index in [1.807, 2.05) is 0 Å². The van der Waals surface area contributed by atoms with Crippen molar-refractivity contribution in [3.05, 3.63) is 18.1 Å². The first-order chi connectivity index (χ1) is 3.41. The number of thioether (sulfide) groups is 1. The molecule has 0 saturated carbocycles. The Bertz CT molecular complexity index is 92.3. The first kappa shape index (κ1) is 6.54.